The van der Waals surface area contributed by atoms with Gasteiger partial charge in [0.05, 0.1) is 13.5 Å². The smallest absolute Gasteiger partial charge is 0.408 e. The minimum Gasteiger partial charge on any atom is -0.467 e. The van der Waals surface area contributed by atoms with Crippen LogP contribution in [0.4, 0.5) is 4.79 Å². The van der Waals surface area contributed by atoms with Gasteiger partial charge in [0.1, 0.15) is 24.3 Å². The first-order valence-corrected chi connectivity index (χ1v) is 10.5. The van der Waals surface area contributed by atoms with Crippen LogP contribution < -0.4 is 10.6 Å². The van der Waals surface area contributed by atoms with E-state index in [1.807, 2.05) is 32.0 Å². The van der Waals surface area contributed by atoms with Crippen LogP contribution in [0.1, 0.15) is 53.0 Å². The average molecular weight is 451 g/mol. The Morgan fingerprint density at radius 1 is 0.969 bits per heavy atom. The molecule has 0 bridgehead atoms. The third kappa shape index (κ3) is 10.8. The Morgan fingerprint density at radius 3 is 2.12 bits per heavy atom. The number of ether oxygens (including phenoxy) is 3. The lowest BCUT2D eigenvalue weighted by molar-refractivity contribution is -0.148. The fraction of sp³-hybridized carbons (Fsp3) is 0.565. The minimum absolute atomic E-state index is 0.0264. The van der Waals surface area contributed by atoms with Crippen LogP contribution in [0.15, 0.2) is 30.3 Å². The molecule has 0 radical (unpaired) electrons. The highest BCUT2D eigenvalue weighted by Crippen LogP contribution is 2.10. The number of methoxy groups -OCH3 is 1. The number of rotatable bonds is 10. The van der Waals surface area contributed by atoms with E-state index in [1.54, 1.807) is 32.9 Å². The normalized spacial score (nSPS) is 13.0. The Morgan fingerprint density at radius 2 is 1.59 bits per heavy atom. The van der Waals surface area contributed by atoms with Crippen LogP contribution in [0.3, 0.4) is 0 Å². The molecular formula is C23H34N2O7. The molecule has 0 heterocycles. The molecule has 1 aromatic carbocycles. The van der Waals surface area contributed by atoms with Crippen molar-refractivity contribution < 1.29 is 33.4 Å². The summed E-state index contributed by atoms with van der Waals surface area (Å²) in [5, 5.41) is 4.95. The second-order valence-corrected chi connectivity index (χ2v) is 8.76. The number of benzene rings is 1. The van der Waals surface area contributed by atoms with Crippen molar-refractivity contribution in [3.63, 3.8) is 0 Å². The number of hydrogen-bond donors (Lipinski definition) is 2. The summed E-state index contributed by atoms with van der Waals surface area (Å²) in [6, 6.07) is 6.83. The van der Waals surface area contributed by atoms with E-state index in [0.717, 1.165) is 5.56 Å². The first-order chi connectivity index (χ1) is 14.9. The van der Waals surface area contributed by atoms with E-state index in [2.05, 4.69) is 10.6 Å². The number of carbonyl (C=O) groups is 4. The number of carbonyl (C=O) groups excluding carboxylic acids is 4. The summed E-state index contributed by atoms with van der Waals surface area (Å²) in [4.78, 5) is 49.5. The molecule has 32 heavy (non-hydrogen) atoms. The van der Waals surface area contributed by atoms with Gasteiger partial charge in [0.15, 0.2) is 0 Å². The van der Waals surface area contributed by atoms with Crippen LogP contribution in [0.25, 0.3) is 0 Å². The summed E-state index contributed by atoms with van der Waals surface area (Å²) in [6.07, 6.45) is -0.976. The molecule has 9 heteroatoms. The van der Waals surface area contributed by atoms with Crippen LogP contribution in [-0.2, 0) is 35.2 Å². The molecule has 0 aliphatic carbocycles. The van der Waals surface area contributed by atoms with E-state index in [1.165, 1.54) is 7.11 Å². The number of nitrogens with one attached hydrogen (secondary N) is 2. The molecule has 0 saturated carbocycles. The SMILES string of the molecule is COC(=O)[C@H](CC(C)C)NC(=O)[C@H](CC(=O)OCc1ccccc1)NC(=O)OC(C)(C)C. The second-order valence-electron chi connectivity index (χ2n) is 8.76. The van der Waals surface area contributed by atoms with Gasteiger partial charge in [-0.2, -0.15) is 0 Å². The lowest BCUT2D eigenvalue weighted by atomic mass is 10.0. The van der Waals surface area contributed by atoms with E-state index < -0.39 is 48.0 Å². The molecule has 9 nitrogen and oxygen atoms in total. The van der Waals surface area contributed by atoms with Gasteiger partial charge in [-0.05, 0) is 38.7 Å². The van der Waals surface area contributed by atoms with Crippen molar-refractivity contribution in [2.45, 2.75) is 71.8 Å². The van der Waals surface area contributed by atoms with Crippen molar-refractivity contribution in [3.8, 4) is 0 Å². The average Bonchev–Trinajstić information content (AvgIpc) is 2.69. The largest absolute Gasteiger partial charge is 0.467 e. The first-order valence-electron chi connectivity index (χ1n) is 10.5. The topological polar surface area (TPSA) is 120 Å². The zero-order chi connectivity index (χ0) is 24.3. The van der Waals surface area contributed by atoms with Crippen LogP contribution in [0.2, 0.25) is 0 Å². The van der Waals surface area contributed by atoms with Crippen molar-refractivity contribution in [2.24, 2.45) is 5.92 Å². The molecule has 2 amide bonds. The number of alkyl carbamates (subject to hydrolysis) is 1. The van der Waals surface area contributed by atoms with Gasteiger partial charge in [-0.25, -0.2) is 9.59 Å². The molecule has 0 spiro atoms. The van der Waals surface area contributed by atoms with Gasteiger partial charge in [-0.1, -0.05) is 44.2 Å². The standard InChI is InChI=1S/C23H34N2O7/c1-15(2)12-18(21(28)30-6)24-20(27)17(25-22(29)32-23(3,4)5)13-19(26)31-14-16-10-8-7-9-11-16/h7-11,15,17-18H,12-14H2,1-6H3,(H,24,27)(H,25,29)/t17-,18-/m0/s1. The molecule has 2 atom stereocenters. The van der Waals surface area contributed by atoms with Crippen LogP contribution in [-0.4, -0.2) is 48.7 Å². The Kier molecular flexibility index (Phi) is 10.7. The van der Waals surface area contributed by atoms with E-state index >= 15 is 0 Å². The summed E-state index contributed by atoms with van der Waals surface area (Å²) >= 11 is 0. The fourth-order valence-electron chi connectivity index (χ4n) is 2.72. The van der Waals surface area contributed by atoms with Crippen molar-refractivity contribution in [2.75, 3.05) is 7.11 Å². The molecular weight excluding hydrogens is 416 g/mol. The Bertz CT molecular complexity index is 772. The highest BCUT2D eigenvalue weighted by molar-refractivity contribution is 5.92. The summed E-state index contributed by atoms with van der Waals surface area (Å²) in [5.74, 6) is -1.94. The fourth-order valence-corrected chi connectivity index (χ4v) is 2.72. The van der Waals surface area contributed by atoms with Crippen LogP contribution in [0.5, 0.6) is 0 Å². The molecule has 0 aromatic heterocycles. The van der Waals surface area contributed by atoms with Crippen LogP contribution in [0, 0.1) is 5.92 Å². The minimum atomic E-state index is -1.30. The summed E-state index contributed by atoms with van der Waals surface area (Å²) in [6.45, 7) is 8.82. The van der Waals surface area contributed by atoms with Crippen molar-refractivity contribution in [3.05, 3.63) is 35.9 Å². The van der Waals surface area contributed by atoms with E-state index in [4.69, 9.17) is 14.2 Å². The third-order valence-corrected chi connectivity index (χ3v) is 4.13. The molecule has 0 aliphatic rings. The lowest BCUT2D eigenvalue weighted by Crippen LogP contribution is -2.53. The maximum atomic E-state index is 12.9. The molecule has 0 saturated heterocycles. The predicted octanol–water partition coefficient (Wildman–Crippen LogP) is 2.72. The van der Waals surface area contributed by atoms with Gasteiger partial charge in [0.25, 0.3) is 0 Å². The van der Waals surface area contributed by atoms with Crippen molar-refractivity contribution >= 4 is 23.9 Å². The maximum absolute atomic E-state index is 12.9. The van der Waals surface area contributed by atoms with E-state index in [-0.39, 0.29) is 12.5 Å². The summed E-state index contributed by atoms with van der Waals surface area (Å²) in [7, 11) is 1.22. The third-order valence-electron chi connectivity index (χ3n) is 4.13. The zero-order valence-corrected chi connectivity index (χ0v) is 19.6. The maximum Gasteiger partial charge on any atom is 0.408 e. The highest BCUT2D eigenvalue weighted by Gasteiger charge is 2.31. The second kappa shape index (κ2) is 12.7. The number of amides is 2. The molecule has 0 aliphatic heterocycles. The number of esters is 2. The zero-order valence-electron chi connectivity index (χ0n) is 19.6. The Hall–Kier alpha value is -3.10. The highest BCUT2D eigenvalue weighted by atomic mass is 16.6. The van der Waals surface area contributed by atoms with Gasteiger partial charge in [-0.15, -0.1) is 0 Å². The van der Waals surface area contributed by atoms with Gasteiger partial charge in [0.2, 0.25) is 5.91 Å². The molecule has 178 valence electrons. The molecule has 1 rings (SSSR count). The monoisotopic (exact) mass is 450 g/mol. The van der Waals surface area contributed by atoms with E-state index in [9.17, 15) is 19.2 Å². The molecule has 1 aromatic rings. The quantitative estimate of drug-likeness (QED) is 0.415. The van der Waals surface area contributed by atoms with Gasteiger partial charge in [-0.3, -0.25) is 9.59 Å². The van der Waals surface area contributed by atoms with Crippen LogP contribution >= 0.6 is 0 Å². The summed E-state index contributed by atoms with van der Waals surface area (Å²) in [5.41, 5.74) is -0.0184. The predicted molar refractivity (Wildman–Crippen MR) is 117 cm³/mol. The molecule has 0 unspecified atom stereocenters. The van der Waals surface area contributed by atoms with Crippen molar-refractivity contribution in [1.29, 1.82) is 0 Å². The molecule has 0 fully saturated rings. The Labute approximate surface area is 189 Å². The lowest BCUT2D eigenvalue weighted by Gasteiger charge is -2.25. The Balaban J connectivity index is 2.89. The van der Waals surface area contributed by atoms with Gasteiger partial charge < -0.3 is 24.8 Å². The van der Waals surface area contributed by atoms with Gasteiger partial charge in [0, 0.05) is 0 Å². The molecule has 2 N–H and O–H groups in total. The van der Waals surface area contributed by atoms with E-state index in [0.29, 0.717) is 6.42 Å². The van der Waals surface area contributed by atoms with Crippen molar-refractivity contribution in [1.82, 2.24) is 10.6 Å². The van der Waals surface area contributed by atoms with Gasteiger partial charge >= 0.3 is 18.0 Å². The number of hydrogen-bond acceptors (Lipinski definition) is 7. The summed E-state index contributed by atoms with van der Waals surface area (Å²) < 4.78 is 15.2. The first kappa shape index (κ1) is 26.9.